The first-order chi connectivity index (χ1) is 24.7. The quantitative estimate of drug-likeness (QED) is 0.0777. The van der Waals surface area contributed by atoms with Crippen molar-refractivity contribution in [2.75, 3.05) is 26.4 Å². The van der Waals surface area contributed by atoms with Crippen molar-refractivity contribution in [1.29, 1.82) is 0 Å². The Labute approximate surface area is 297 Å². The van der Waals surface area contributed by atoms with E-state index in [1.807, 2.05) is 0 Å². The largest absolute Gasteiger partial charge is 0.477 e. The molecule has 0 saturated carbocycles. The van der Waals surface area contributed by atoms with Gasteiger partial charge in [-0.1, -0.05) is 0 Å². The van der Waals surface area contributed by atoms with Gasteiger partial charge in [-0.15, -0.1) is 0 Å². The zero-order valence-corrected chi connectivity index (χ0v) is 27.5. The molecule has 4 aliphatic heterocycles. The molecule has 0 aromatic heterocycles. The molecule has 0 bridgehead atoms. The van der Waals surface area contributed by atoms with Crippen molar-refractivity contribution in [1.82, 2.24) is 0 Å². The van der Waals surface area contributed by atoms with Crippen molar-refractivity contribution in [2.45, 2.75) is 135 Å². The van der Waals surface area contributed by atoms with Gasteiger partial charge in [-0.3, -0.25) is 0 Å². The summed E-state index contributed by atoms with van der Waals surface area (Å²) in [5, 5.41) is 163. The lowest BCUT2D eigenvalue weighted by molar-refractivity contribution is -0.368. The van der Waals surface area contributed by atoms with Gasteiger partial charge in [-0.2, -0.15) is 0 Å². The molecular weight excluding hydrogens is 736 g/mol. The minimum Gasteiger partial charge on any atom is -0.477 e. The van der Waals surface area contributed by atoms with Crippen LogP contribution in [0.3, 0.4) is 0 Å². The van der Waals surface area contributed by atoms with E-state index in [4.69, 9.17) is 33.2 Å². The number of carboxylic acids is 2. The van der Waals surface area contributed by atoms with Gasteiger partial charge in [-0.25, -0.2) is 9.59 Å². The number of hydrogen-bond donors (Lipinski definition) is 16. The van der Waals surface area contributed by atoms with Crippen LogP contribution in [-0.2, 0) is 42.7 Å². The molecule has 20 atom stereocenters. The number of ether oxygens (including phenoxy) is 7. The number of carboxylic acid groups (broad SMARTS) is 2. The molecule has 16 N–H and O–H groups in total. The Morgan fingerprint density at radius 3 is 1.72 bits per heavy atom. The second-order valence-electron chi connectivity index (χ2n) is 13.1. The van der Waals surface area contributed by atoms with Gasteiger partial charge in [0.25, 0.3) is 11.6 Å². The van der Waals surface area contributed by atoms with Crippen LogP contribution < -0.4 is 0 Å². The van der Waals surface area contributed by atoms with Crippen LogP contribution in [0.5, 0.6) is 0 Å². The lowest BCUT2D eigenvalue weighted by Gasteiger charge is -2.47. The SMILES string of the molecule is O=C(O)C1(O)C[C@@H](O)[C@@H](O[C@H]2O[C@H](CO[C@H]3O[C@H](COC4(C(=O)O)C[C@@H](O)[C@@H](O)[C@@H]([C@H](O)CO)O4)[C@H](O)[C@H](O)[C@H]3O)[C@@H](O)[C@H](O)[C@@H]2O)[C@@H]([C@H](O)CO)O1. The van der Waals surface area contributed by atoms with Crippen LogP contribution in [0.4, 0.5) is 0 Å². The lowest BCUT2D eigenvalue weighted by Crippen LogP contribution is -2.66. The van der Waals surface area contributed by atoms with Crippen molar-refractivity contribution < 1.29 is 124 Å². The fourth-order valence-electron chi connectivity index (χ4n) is 6.24. The Morgan fingerprint density at radius 2 is 1.17 bits per heavy atom. The molecule has 0 aromatic rings. The fraction of sp³-hybridized carbons (Fsp3) is 0.929. The third-order valence-corrected chi connectivity index (χ3v) is 9.38. The molecule has 0 amide bonds. The van der Waals surface area contributed by atoms with E-state index in [0.29, 0.717) is 0 Å². The predicted octanol–water partition coefficient (Wildman–Crippen LogP) is -10.1. The topological polar surface area (TPSA) is 422 Å². The van der Waals surface area contributed by atoms with E-state index < -0.39 is 173 Å². The number of aliphatic carboxylic acids is 2. The third-order valence-electron chi connectivity index (χ3n) is 9.38. The van der Waals surface area contributed by atoms with E-state index in [1.54, 1.807) is 0 Å². The monoisotopic (exact) mass is 782 g/mol. The Morgan fingerprint density at radius 1 is 0.642 bits per heavy atom. The van der Waals surface area contributed by atoms with E-state index >= 15 is 0 Å². The summed E-state index contributed by atoms with van der Waals surface area (Å²) in [4.78, 5) is 23.7. The summed E-state index contributed by atoms with van der Waals surface area (Å²) in [5.41, 5.74) is 0. The van der Waals surface area contributed by atoms with Crippen LogP contribution in [0.2, 0.25) is 0 Å². The fourth-order valence-corrected chi connectivity index (χ4v) is 6.24. The molecule has 25 heteroatoms. The number of rotatable bonds is 14. The maximum absolute atomic E-state index is 12.2. The summed E-state index contributed by atoms with van der Waals surface area (Å²) < 4.78 is 37.4. The van der Waals surface area contributed by atoms with E-state index in [2.05, 4.69) is 0 Å². The molecule has 2 unspecified atom stereocenters. The molecule has 4 fully saturated rings. The first-order valence-corrected chi connectivity index (χ1v) is 16.2. The lowest BCUT2D eigenvalue weighted by atomic mass is 9.92. The highest BCUT2D eigenvalue weighted by atomic mass is 16.8. The highest BCUT2D eigenvalue weighted by Gasteiger charge is 2.57. The maximum Gasteiger partial charge on any atom is 0.364 e. The highest BCUT2D eigenvalue weighted by molar-refractivity contribution is 5.76. The minimum atomic E-state index is -3.04. The van der Waals surface area contributed by atoms with Gasteiger partial charge in [0, 0.05) is 12.8 Å². The maximum atomic E-state index is 12.2. The normalized spacial score (nSPS) is 47.8. The summed E-state index contributed by atoms with van der Waals surface area (Å²) in [5.74, 6) is -9.67. The van der Waals surface area contributed by atoms with Crippen molar-refractivity contribution in [3.05, 3.63) is 0 Å². The summed E-state index contributed by atoms with van der Waals surface area (Å²) in [7, 11) is 0. The molecule has 308 valence electrons. The van der Waals surface area contributed by atoms with E-state index in [9.17, 15) is 91.3 Å². The van der Waals surface area contributed by atoms with Crippen molar-refractivity contribution >= 4 is 11.9 Å². The average molecular weight is 783 g/mol. The van der Waals surface area contributed by atoms with E-state index in [0.717, 1.165) is 0 Å². The minimum absolute atomic E-state index is 0.874. The zero-order valence-electron chi connectivity index (χ0n) is 27.5. The third kappa shape index (κ3) is 9.06. The summed E-state index contributed by atoms with van der Waals surface area (Å²) in [6, 6.07) is 0. The first kappa shape index (κ1) is 43.8. The molecular formula is C28H46O25. The van der Waals surface area contributed by atoms with Gasteiger partial charge in [-0.05, 0) is 0 Å². The van der Waals surface area contributed by atoms with Crippen LogP contribution in [0, 0.1) is 0 Å². The summed E-state index contributed by atoms with van der Waals surface area (Å²) in [6.07, 6.45) is -36.8. The Kier molecular flexibility index (Phi) is 14.5. The second kappa shape index (κ2) is 17.5. The molecule has 4 rings (SSSR count). The van der Waals surface area contributed by atoms with Gasteiger partial charge in [0.1, 0.15) is 85.5 Å². The van der Waals surface area contributed by atoms with Crippen molar-refractivity contribution in [3.8, 4) is 0 Å². The van der Waals surface area contributed by atoms with Crippen LogP contribution in [0.1, 0.15) is 12.8 Å². The molecule has 53 heavy (non-hydrogen) atoms. The second-order valence-corrected chi connectivity index (χ2v) is 13.1. The first-order valence-electron chi connectivity index (χ1n) is 16.2. The zero-order chi connectivity index (χ0) is 39.7. The summed E-state index contributed by atoms with van der Waals surface area (Å²) in [6.45, 7) is -3.95. The van der Waals surface area contributed by atoms with Crippen LogP contribution in [0.25, 0.3) is 0 Å². The van der Waals surface area contributed by atoms with E-state index in [-0.39, 0.29) is 0 Å². The van der Waals surface area contributed by atoms with Gasteiger partial charge >= 0.3 is 11.9 Å². The standard InChI is InChI=1S/C28H46O25/c29-3-9(33)20-13(35)7(31)2-28(53-20,26(44)45)48-6-12-15(37)16(38)18(40)23(49-12)47-5-11-14(36)17(39)19(41)24(50-11)51-21-8(32)1-27(46,25(42)43)52-22(21)10(34)4-30/h7-24,29-41,46H,1-6H2,(H,42,43)(H,44,45)/t7-,8-,9-,10-,11-,12-,13-,14-,15+,16+,17+,18-,19+,20-,21-,22-,23+,24-,27?,28?/m1/s1. The van der Waals surface area contributed by atoms with Crippen LogP contribution >= 0.6 is 0 Å². The molecule has 4 aliphatic rings. The van der Waals surface area contributed by atoms with E-state index in [1.165, 1.54) is 0 Å². The molecule has 0 spiro atoms. The number of hydrogen-bond acceptors (Lipinski definition) is 23. The van der Waals surface area contributed by atoms with Crippen LogP contribution in [-0.4, -0.2) is 242 Å². The molecule has 25 nitrogen and oxygen atoms in total. The molecule has 0 aliphatic carbocycles. The molecule has 0 radical (unpaired) electrons. The molecule has 4 saturated heterocycles. The molecule has 0 aromatic carbocycles. The summed E-state index contributed by atoms with van der Waals surface area (Å²) >= 11 is 0. The Bertz CT molecular complexity index is 1230. The molecule has 4 heterocycles. The predicted molar refractivity (Wildman–Crippen MR) is 156 cm³/mol. The number of aliphatic hydroxyl groups is 14. The van der Waals surface area contributed by atoms with Crippen LogP contribution in [0.15, 0.2) is 0 Å². The Hall–Kier alpha value is -1.90. The Balaban J connectivity index is 1.45. The van der Waals surface area contributed by atoms with Gasteiger partial charge in [0.15, 0.2) is 12.6 Å². The smallest absolute Gasteiger partial charge is 0.364 e. The average Bonchev–Trinajstić information content (AvgIpc) is 3.11. The number of carbonyl (C=O) groups is 2. The van der Waals surface area contributed by atoms with Gasteiger partial charge in [0.05, 0.1) is 38.6 Å². The van der Waals surface area contributed by atoms with Crippen molar-refractivity contribution in [2.24, 2.45) is 0 Å². The van der Waals surface area contributed by atoms with Gasteiger partial charge < -0.3 is 115 Å². The highest BCUT2D eigenvalue weighted by Crippen LogP contribution is 2.36. The van der Waals surface area contributed by atoms with Gasteiger partial charge in [0.2, 0.25) is 0 Å². The number of aliphatic hydroxyl groups excluding tert-OH is 13. The van der Waals surface area contributed by atoms with Crippen molar-refractivity contribution in [3.63, 3.8) is 0 Å².